The summed E-state index contributed by atoms with van der Waals surface area (Å²) in [5, 5.41) is 0.645. The standard InChI is InChI=1S/C23H25ClFNO5/c1-16(27)21-9-8-19(13-22(21)25)31-15-20-14-26(10-12-30-20)23(28)3-2-11-29-18-6-4-17(24)5-7-18/h4-9,13,20H,2-3,10-12,14-15H2,1H3. The average molecular weight is 450 g/mol. The van der Waals surface area contributed by atoms with Crippen LogP contribution in [0.4, 0.5) is 4.39 Å². The minimum atomic E-state index is -0.618. The highest BCUT2D eigenvalue weighted by molar-refractivity contribution is 6.30. The van der Waals surface area contributed by atoms with Gasteiger partial charge in [0.05, 0.1) is 25.3 Å². The molecule has 0 N–H and O–H groups in total. The van der Waals surface area contributed by atoms with Gasteiger partial charge in [-0.15, -0.1) is 0 Å². The fourth-order valence-electron chi connectivity index (χ4n) is 3.21. The van der Waals surface area contributed by atoms with Crippen molar-refractivity contribution < 1.29 is 28.2 Å². The second-order valence-corrected chi connectivity index (χ2v) is 7.68. The Morgan fingerprint density at radius 1 is 1.16 bits per heavy atom. The van der Waals surface area contributed by atoms with Crippen LogP contribution in [0.3, 0.4) is 0 Å². The topological polar surface area (TPSA) is 65.1 Å². The van der Waals surface area contributed by atoms with Gasteiger partial charge in [-0.05, 0) is 49.7 Å². The fraction of sp³-hybridized carbons (Fsp3) is 0.391. The first kappa shape index (κ1) is 23.0. The van der Waals surface area contributed by atoms with E-state index >= 15 is 0 Å². The number of Topliss-reactive ketones (excluding diaryl/α,β-unsaturated/α-hetero) is 1. The molecule has 166 valence electrons. The number of ketones is 1. The Bertz CT molecular complexity index is 905. The molecule has 0 aromatic heterocycles. The van der Waals surface area contributed by atoms with E-state index < -0.39 is 5.82 Å². The lowest BCUT2D eigenvalue weighted by atomic mass is 10.1. The van der Waals surface area contributed by atoms with Crippen molar-refractivity contribution in [3.05, 3.63) is 58.9 Å². The van der Waals surface area contributed by atoms with Crippen LogP contribution in [0.1, 0.15) is 30.1 Å². The van der Waals surface area contributed by atoms with Crippen LogP contribution < -0.4 is 9.47 Å². The predicted molar refractivity (Wildman–Crippen MR) is 114 cm³/mol. The van der Waals surface area contributed by atoms with Gasteiger partial charge in [0.25, 0.3) is 0 Å². The molecule has 1 heterocycles. The third-order valence-electron chi connectivity index (χ3n) is 4.86. The molecule has 1 unspecified atom stereocenters. The number of carbonyl (C=O) groups excluding carboxylic acids is 2. The average Bonchev–Trinajstić information content (AvgIpc) is 2.76. The number of amides is 1. The van der Waals surface area contributed by atoms with E-state index in [-0.39, 0.29) is 30.0 Å². The van der Waals surface area contributed by atoms with Gasteiger partial charge >= 0.3 is 0 Å². The van der Waals surface area contributed by atoms with Crippen molar-refractivity contribution in [2.45, 2.75) is 25.9 Å². The quantitative estimate of drug-likeness (QED) is 0.425. The molecule has 2 aromatic carbocycles. The van der Waals surface area contributed by atoms with Crippen molar-refractivity contribution in [2.24, 2.45) is 0 Å². The summed E-state index contributed by atoms with van der Waals surface area (Å²) in [5.74, 6) is 0.103. The molecule has 1 fully saturated rings. The Hall–Kier alpha value is -2.64. The Morgan fingerprint density at radius 3 is 2.61 bits per heavy atom. The lowest BCUT2D eigenvalue weighted by molar-refractivity contribution is -0.140. The summed E-state index contributed by atoms with van der Waals surface area (Å²) in [5.41, 5.74) is 0.0260. The zero-order valence-electron chi connectivity index (χ0n) is 17.3. The maximum absolute atomic E-state index is 13.9. The monoisotopic (exact) mass is 449 g/mol. The van der Waals surface area contributed by atoms with Crippen LogP contribution in [0.15, 0.2) is 42.5 Å². The Morgan fingerprint density at radius 2 is 1.90 bits per heavy atom. The van der Waals surface area contributed by atoms with Crippen molar-refractivity contribution in [3.63, 3.8) is 0 Å². The van der Waals surface area contributed by atoms with E-state index in [0.717, 1.165) is 0 Å². The van der Waals surface area contributed by atoms with Gasteiger partial charge in [0.1, 0.15) is 30.0 Å². The van der Waals surface area contributed by atoms with Gasteiger partial charge in [-0.2, -0.15) is 0 Å². The van der Waals surface area contributed by atoms with E-state index in [1.54, 1.807) is 35.2 Å². The van der Waals surface area contributed by atoms with Crippen LogP contribution in [0, 0.1) is 5.82 Å². The number of rotatable bonds is 9. The van der Waals surface area contributed by atoms with Gasteiger partial charge in [0.2, 0.25) is 5.91 Å². The highest BCUT2D eigenvalue weighted by atomic mass is 35.5. The van der Waals surface area contributed by atoms with Crippen LogP contribution in [0.25, 0.3) is 0 Å². The normalized spacial score (nSPS) is 16.1. The van der Waals surface area contributed by atoms with Crippen LogP contribution in [-0.2, 0) is 9.53 Å². The summed E-state index contributed by atoms with van der Waals surface area (Å²) < 4.78 is 30.8. The maximum atomic E-state index is 13.9. The first-order valence-electron chi connectivity index (χ1n) is 10.1. The van der Waals surface area contributed by atoms with Crippen molar-refractivity contribution >= 4 is 23.3 Å². The van der Waals surface area contributed by atoms with Gasteiger partial charge in [-0.1, -0.05) is 11.6 Å². The molecule has 0 spiro atoms. The summed E-state index contributed by atoms with van der Waals surface area (Å²) in [6.07, 6.45) is 0.666. The molecule has 1 aliphatic heterocycles. The molecule has 0 aliphatic carbocycles. The molecular weight excluding hydrogens is 425 g/mol. The molecule has 1 amide bonds. The van der Waals surface area contributed by atoms with E-state index in [4.69, 9.17) is 25.8 Å². The molecule has 1 saturated heterocycles. The molecule has 1 atom stereocenters. The van der Waals surface area contributed by atoms with Crippen molar-refractivity contribution in [2.75, 3.05) is 32.9 Å². The zero-order chi connectivity index (χ0) is 22.2. The number of hydrogen-bond acceptors (Lipinski definition) is 5. The first-order valence-corrected chi connectivity index (χ1v) is 10.5. The van der Waals surface area contributed by atoms with Crippen LogP contribution in [0.5, 0.6) is 11.5 Å². The zero-order valence-corrected chi connectivity index (χ0v) is 18.1. The minimum absolute atomic E-state index is 0.0260. The van der Waals surface area contributed by atoms with E-state index in [9.17, 15) is 14.0 Å². The number of hydrogen-bond donors (Lipinski definition) is 0. The highest BCUT2D eigenvalue weighted by Crippen LogP contribution is 2.19. The molecule has 3 rings (SSSR count). The summed E-state index contributed by atoms with van der Waals surface area (Å²) in [7, 11) is 0. The smallest absolute Gasteiger partial charge is 0.222 e. The fourth-order valence-corrected chi connectivity index (χ4v) is 3.34. The van der Waals surface area contributed by atoms with Crippen molar-refractivity contribution in [3.8, 4) is 11.5 Å². The molecular formula is C23H25ClFNO5. The molecule has 6 nitrogen and oxygen atoms in total. The van der Waals surface area contributed by atoms with Crippen molar-refractivity contribution in [1.29, 1.82) is 0 Å². The number of benzene rings is 2. The van der Waals surface area contributed by atoms with Gasteiger partial charge in [-0.25, -0.2) is 4.39 Å². The lowest BCUT2D eigenvalue weighted by Crippen LogP contribution is -2.47. The molecule has 8 heteroatoms. The van der Waals surface area contributed by atoms with E-state index in [1.807, 2.05) is 0 Å². The number of halogens is 2. The molecule has 1 aliphatic rings. The van der Waals surface area contributed by atoms with Crippen molar-refractivity contribution in [1.82, 2.24) is 4.90 Å². The van der Waals surface area contributed by atoms with Crippen LogP contribution in [-0.4, -0.2) is 55.6 Å². The van der Waals surface area contributed by atoms with Gasteiger partial charge in [0, 0.05) is 24.1 Å². The minimum Gasteiger partial charge on any atom is -0.494 e. The number of ether oxygens (including phenoxy) is 3. The summed E-state index contributed by atoms with van der Waals surface area (Å²) in [4.78, 5) is 25.6. The highest BCUT2D eigenvalue weighted by Gasteiger charge is 2.24. The molecule has 0 radical (unpaired) electrons. The Kier molecular flexibility index (Phi) is 8.26. The Labute approximate surface area is 185 Å². The summed E-state index contributed by atoms with van der Waals surface area (Å²) in [6.45, 7) is 3.28. The second kappa shape index (κ2) is 11.1. The number of morpholine rings is 1. The largest absolute Gasteiger partial charge is 0.494 e. The second-order valence-electron chi connectivity index (χ2n) is 7.25. The molecule has 0 bridgehead atoms. The van der Waals surface area contributed by atoms with Crippen LogP contribution >= 0.6 is 11.6 Å². The van der Waals surface area contributed by atoms with E-state index in [2.05, 4.69) is 0 Å². The first-order chi connectivity index (χ1) is 14.9. The van der Waals surface area contributed by atoms with Gasteiger partial charge < -0.3 is 19.1 Å². The molecule has 0 saturated carbocycles. The number of nitrogens with zero attached hydrogens (tertiary/aromatic N) is 1. The van der Waals surface area contributed by atoms with Gasteiger partial charge in [0.15, 0.2) is 5.78 Å². The van der Waals surface area contributed by atoms with E-state index in [0.29, 0.717) is 55.7 Å². The van der Waals surface area contributed by atoms with Crippen LogP contribution in [0.2, 0.25) is 5.02 Å². The lowest BCUT2D eigenvalue weighted by Gasteiger charge is -2.33. The van der Waals surface area contributed by atoms with Gasteiger partial charge in [-0.3, -0.25) is 9.59 Å². The van der Waals surface area contributed by atoms with E-state index in [1.165, 1.54) is 19.1 Å². The molecule has 31 heavy (non-hydrogen) atoms. The third kappa shape index (κ3) is 6.94. The molecule has 2 aromatic rings. The Balaban J connectivity index is 1.40. The predicted octanol–water partition coefficient (Wildman–Crippen LogP) is 4.15. The third-order valence-corrected chi connectivity index (χ3v) is 5.12. The summed E-state index contributed by atoms with van der Waals surface area (Å²) >= 11 is 5.84. The number of carbonyl (C=O) groups is 2. The summed E-state index contributed by atoms with van der Waals surface area (Å²) in [6, 6.07) is 11.2. The maximum Gasteiger partial charge on any atom is 0.222 e. The SMILES string of the molecule is CC(=O)c1ccc(OCC2CN(C(=O)CCCOc3ccc(Cl)cc3)CCO2)cc1F.